The van der Waals surface area contributed by atoms with Crippen LogP contribution in [0.2, 0.25) is 0 Å². The third-order valence-electron chi connectivity index (χ3n) is 5.46. The smallest absolute Gasteiger partial charge is 0.223 e. The van der Waals surface area contributed by atoms with Gasteiger partial charge in [-0.1, -0.05) is 67.1 Å². The molecular formula is C22H27NO2. The summed E-state index contributed by atoms with van der Waals surface area (Å²) in [5.41, 5.74) is 2.08. The number of hydrogen-bond acceptors (Lipinski definition) is 2. The Labute approximate surface area is 150 Å². The SMILES string of the molecule is CC(CNC(=O)[C@@H]1CCC[C@@H](O)C1)(c1ccccc1)c1ccccc1. The Balaban J connectivity index is 1.78. The van der Waals surface area contributed by atoms with E-state index in [0.717, 1.165) is 19.3 Å². The predicted octanol–water partition coefficient (Wildman–Crippen LogP) is 3.66. The predicted molar refractivity (Wildman–Crippen MR) is 100 cm³/mol. The topological polar surface area (TPSA) is 49.3 Å². The zero-order valence-corrected chi connectivity index (χ0v) is 14.8. The highest BCUT2D eigenvalue weighted by Crippen LogP contribution is 2.32. The van der Waals surface area contributed by atoms with Crippen molar-refractivity contribution in [2.75, 3.05) is 6.54 Å². The van der Waals surface area contributed by atoms with E-state index in [1.165, 1.54) is 11.1 Å². The van der Waals surface area contributed by atoms with Crippen molar-refractivity contribution in [1.82, 2.24) is 5.32 Å². The first-order valence-corrected chi connectivity index (χ1v) is 9.16. The molecule has 1 aliphatic carbocycles. The Morgan fingerprint density at radius 2 is 1.60 bits per heavy atom. The van der Waals surface area contributed by atoms with Crippen molar-refractivity contribution >= 4 is 5.91 Å². The number of amides is 1. The van der Waals surface area contributed by atoms with Gasteiger partial charge in [0.1, 0.15) is 0 Å². The van der Waals surface area contributed by atoms with E-state index in [-0.39, 0.29) is 23.3 Å². The Kier molecular flexibility index (Phi) is 5.54. The molecule has 0 bridgehead atoms. The largest absolute Gasteiger partial charge is 0.393 e. The minimum atomic E-state index is -0.334. The zero-order chi connectivity index (χ0) is 17.7. The summed E-state index contributed by atoms with van der Waals surface area (Å²) in [7, 11) is 0. The number of rotatable bonds is 5. The highest BCUT2D eigenvalue weighted by atomic mass is 16.3. The van der Waals surface area contributed by atoms with E-state index < -0.39 is 0 Å². The van der Waals surface area contributed by atoms with E-state index in [1.807, 2.05) is 36.4 Å². The number of hydrogen-bond donors (Lipinski definition) is 2. The lowest BCUT2D eigenvalue weighted by molar-refractivity contribution is -0.127. The third-order valence-corrected chi connectivity index (χ3v) is 5.46. The highest BCUT2D eigenvalue weighted by Gasteiger charge is 2.31. The minimum Gasteiger partial charge on any atom is -0.393 e. The van der Waals surface area contributed by atoms with Gasteiger partial charge in [-0.15, -0.1) is 0 Å². The summed E-state index contributed by atoms with van der Waals surface area (Å²) < 4.78 is 0. The van der Waals surface area contributed by atoms with E-state index >= 15 is 0 Å². The monoisotopic (exact) mass is 337 g/mol. The number of aliphatic hydroxyl groups excluding tert-OH is 1. The molecule has 0 heterocycles. The Morgan fingerprint density at radius 1 is 1.04 bits per heavy atom. The molecule has 3 heteroatoms. The molecule has 3 nitrogen and oxygen atoms in total. The van der Waals surface area contributed by atoms with Gasteiger partial charge < -0.3 is 10.4 Å². The van der Waals surface area contributed by atoms with Gasteiger partial charge in [-0.25, -0.2) is 0 Å². The van der Waals surface area contributed by atoms with Gasteiger partial charge >= 0.3 is 0 Å². The number of nitrogens with one attached hydrogen (secondary N) is 1. The van der Waals surface area contributed by atoms with Gasteiger partial charge in [0.25, 0.3) is 0 Å². The average molecular weight is 337 g/mol. The van der Waals surface area contributed by atoms with Crippen LogP contribution in [0.1, 0.15) is 43.7 Å². The van der Waals surface area contributed by atoms with Crippen molar-refractivity contribution in [3.8, 4) is 0 Å². The van der Waals surface area contributed by atoms with Crippen molar-refractivity contribution in [3.63, 3.8) is 0 Å². The van der Waals surface area contributed by atoms with Gasteiger partial charge in [-0.3, -0.25) is 4.79 Å². The molecule has 0 aromatic heterocycles. The molecular weight excluding hydrogens is 310 g/mol. The second-order valence-electron chi connectivity index (χ2n) is 7.30. The van der Waals surface area contributed by atoms with Crippen LogP contribution in [-0.2, 0) is 10.2 Å². The average Bonchev–Trinajstić information content (AvgIpc) is 2.67. The summed E-state index contributed by atoms with van der Waals surface area (Å²) in [6.07, 6.45) is 2.86. The van der Waals surface area contributed by atoms with E-state index in [1.54, 1.807) is 0 Å². The molecule has 1 fully saturated rings. The fourth-order valence-corrected chi connectivity index (χ4v) is 3.79. The minimum absolute atomic E-state index is 0.0665. The number of carbonyl (C=O) groups excluding carboxylic acids is 1. The van der Waals surface area contributed by atoms with E-state index in [4.69, 9.17) is 0 Å². The van der Waals surface area contributed by atoms with Gasteiger partial charge in [-0.2, -0.15) is 0 Å². The van der Waals surface area contributed by atoms with Crippen LogP contribution in [0, 0.1) is 5.92 Å². The first kappa shape index (κ1) is 17.7. The molecule has 0 spiro atoms. The second-order valence-corrected chi connectivity index (χ2v) is 7.30. The van der Waals surface area contributed by atoms with Crippen LogP contribution in [0.15, 0.2) is 60.7 Å². The lowest BCUT2D eigenvalue weighted by Gasteiger charge is -2.33. The normalized spacial score (nSPS) is 20.9. The Hall–Kier alpha value is -2.13. The lowest BCUT2D eigenvalue weighted by Crippen LogP contribution is -2.43. The summed E-state index contributed by atoms with van der Waals surface area (Å²) in [5.74, 6) is -0.00335. The van der Waals surface area contributed by atoms with Crippen molar-refractivity contribution in [3.05, 3.63) is 71.8 Å². The number of aliphatic hydroxyl groups is 1. The fourth-order valence-electron chi connectivity index (χ4n) is 3.79. The van der Waals surface area contributed by atoms with Gasteiger partial charge in [0.2, 0.25) is 5.91 Å². The number of benzene rings is 2. The fraction of sp³-hybridized carbons (Fsp3) is 0.409. The van der Waals surface area contributed by atoms with Crippen LogP contribution < -0.4 is 5.32 Å². The van der Waals surface area contributed by atoms with Crippen LogP contribution >= 0.6 is 0 Å². The Morgan fingerprint density at radius 3 is 2.12 bits per heavy atom. The second kappa shape index (κ2) is 7.83. The van der Waals surface area contributed by atoms with Crippen LogP contribution in [0.4, 0.5) is 0 Å². The summed E-state index contributed by atoms with van der Waals surface area (Å²) in [4.78, 5) is 12.6. The molecule has 25 heavy (non-hydrogen) atoms. The van der Waals surface area contributed by atoms with Crippen molar-refractivity contribution in [2.45, 2.75) is 44.1 Å². The van der Waals surface area contributed by atoms with Crippen LogP contribution in [0.3, 0.4) is 0 Å². The first-order chi connectivity index (χ1) is 12.1. The molecule has 2 aromatic carbocycles. The molecule has 0 aliphatic heterocycles. The molecule has 1 saturated carbocycles. The van der Waals surface area contributed by atoms with Crippen LogP contribution in [0.25, 0.3) is 0 Å². The lowest BCUT2D eigenvalue weighted by atomic mass is 9.76. The summed E-state index contributed by atoms with van der Waals surface area (Å²) >= 11 is 0. The molecule has 0 unspecified atom stereocenters. The van der Waals surface area contributed by atoms with E-state index in [9.17, 15) is 9.90 Å². The Bertz CT molecular complexity index is 644. The molecule has 132 valence electrons. The maximum Gasteiger partial charge on any atom is 0.223 e. The third kappa shape index (κ3) is 4.10. The molecule has 1 aliphatic rings. The van der Waals surface area contributed by atoms with Crippen molar-refractivity contribution in [2.24, 2.45) is 5.92 Å². The first-order valence-electron chi connectivity index (χ1n) is 9.16. The maximum absolute atomic E-state index is 12.6. The van der Waals surface area contributed by atoms with Gasteiger partial charge in [0.15, 0.2) is 0 Å². The molecule has 2 N–H and O–H groups in total. The zero-order valence-electron chi connectivity index (χ0n) is 14.8. The summed E-state index contributed by atoms with van der Waals surface area (Å²) in [6, 6.07) is 20.6. The summed E-state index contributed by atoms with van der Waals surface area (Å²) in [5, 5.41) is 13.0. The highest BCUT2D eigenvalue weighted by molar-refractivity contribution is 5.79. The van der Waals surface area contributed by atoms with Crippen molar-refractivity contribution < 1.29 is 9.90 Å². The molecule has 2 atom stereocenters. The molecule has 3 rings (SSSR count). The standard InChI is InChI=1S/C22H27NO2/c1-22(18-10-4-2-5-11-18,19-12-6-3-7-13-19)16-23-21(25)17-9-8-14-20(24)15-17/h2-7,10-13,17,20,24H,8-9,14-16H2,1H3,(H,23,25)/t17-,20-/m1/s1. The van der Waals surface area contributed by atoms with Crippen LogP contribution in [0.5, 0.6) is 0 Å². The maximum atomic E-state index is 12.6. The molecule has 0 radical (unpaired) electrons. The molecule has 2 aromatic rings. The molecule has 1 amide bonds. The van der Waals surface area contributed by atoms with Gasteiger partial charge in [0, 0.05) is 17.9 Å². The van der Waals surface area contributed by atoms with Crippen molar-refractivity contribution in [1.29, 1.82) is 0 Å². The quantitative estimate of drug-likeness (QED) is 0.875. The van der Waals surface area contributed by atoms with Crippen LogP contribution in [-0.4, -0.2) is 23.7 Å². The van der Waals surface area contributed by atoms with Gasteiger partial charge in [-0.05, 0) is 37.3 Å². The van der Waals surface area contributed by atoms with E-state index in [0.29, 0.717) is 13.0 Å². The molecule has 0 saturated heterocycles. The number of carbonyl (C=O) groups is 1. The summed E-state index contributed by atoms with van der Waals surface area (Å²) in [6.45, 7) is 2.72. The van der Waals surface area contributed by atoms with E-state index in [2.05, 4.69) is 36.5 Å². The van der Waals surface area contributed by atoms with Gasteiger partial charge in [0.05, 0.1) is 6.10 Å².